The van der Waals surface area contributed by atoms with Crippen molar-refractivity contribution in [3.05, 3.63) is 0 Å². The van der Waals surface area contributed by atoms with Crippen molar-refractivity contribution in [1.82, 2.24) is 5.32 Å². The summed E-state index contributed by atoms with van der Waals surface area (Å²) in [4.78, 5) is 0. The van der Waals surface area contributed by atoms with Gasteiger partial charge >= 0.3 is 0 Å². The number of rotatable bonds is 3. The van der Waals surface area contributed by atoms with E-state index >= 15 is 0 Å². The molecule has 0 aromatic carbocycles. The molecule has 2 aliphatic carbocycles. The van der Waals surface area contributed by atoms with Gasteiger partial charge in [-0.25, -0.2) is 0 Å². The van der Waals surface area contributed by atoms with Gasteiger partial charge in [-0.2, -0.15) is 0 Å². The second-order valence-corrected chi connectivity index (χ2v) is 4.58. The molecular weight excluding hydrogens is 148 g/mol. The van der Waals surface area contributed by atoms with E-state index in [9.17, 15) is 0 Å². The van der Waals surface area contributed by atoms with Crippen LogP contribution >= 0.6 is 0 Å². The van der Waals surface area contributed by atoms with Crippen LogP contribution in [0.2, 0.25) is 0 Å². The molecule has 0 spiro atoms. The van der Waals surface area contributed by atoms with E-state index in [0.717, 1.165) is 12.6 Å². The highest BCUT2D eigenvalue weighted by Crippen LogP contribution is 2.31. The average Bonchev–Trinajstić information content (AvgIpc) is 2.84. The number of nitrogens with two attached hydrogens (primary N) is 1. The molecule has 2 nitrogen and oxygen atoms in total. The lowest BCUT2D eigenvalue weighted by molar-refractivity contribution is 0.361. The first-order valence-electron chi connectivity index (χ1n) is 5.31. The standard InChI is InChI=1S/C10H20N2/c11-10(6-7-10)8-12-9-4-2-1-3-5-9/h9,12H,1-8,11H2. The maximum absolute atomic E-state index is 6.00. The van der Waals surface area contributed by atoms with E-state index in [1.54, 1.807) is 0 Å². The molecule has 0 aromatic heterocycles. The van der Waals surface area contributed by atoms with Crippen LogP contribution in [0.15, 0.2) is 0 Å². The summed E-state index contributed by atoms with van der Waals surface area (Å²) in [5.74, 6) is 0. The van der Waals surface area contributed by atoms with Gasteiger partial charge < -0.3 is 11.1 Å². The van der Waals surface area contributed by atoms with E-state index in [1.165, 1.54) is 44.9 Å². The van der Waals surface area contributed by atoms with E-state index in [-0.39, 0.29) is 5.54 Å². The average molecular weight is 168 g/mol. The highest BCUT2D eigenvalue weighted by molar-refractivity contribution is 5.01. The molecule has 2 rings (SSSR count). The molecule has 0 atom stereocenters. The number of hydrogen-bond acceptors (Lipinski definition) is 2. The van der Waals surface area contributed by atoms with Gasteiger partial charge in [0.2, 0.25) is 0 Å². The Morgan fingerprint density at radius 2 is 1.83 bits per heavy atom. The molecule has 0 bridgehead atoms. The summed E-state index contributed by atoms with van der Waals surface area (Å²) in [6, 6.07) is 0.778. The summed E-state index contributed by atoms with van der Waals surface area (Å²) in [5.41, 5.74) is 6.19. The van der Waals surface area contributed by atoms with Gasteiger partial charge in [0.05, 0.1) is 0 Å². The van der Waals surface area contributed by atoms with Crippen LogP contribution in [0.1, 0.15) is 44.9 Å². The third-order valence-electron chi connectivity index (χ3n) is 3.24. The summed E-state index contributed by atoms with van der Waals surface area (Å²) in [6.07, 6.45) is 9.46. The zero-order chi connectivity index (χ0) is 8.44. The molecule has 0 amide bonds. The predicted molar refractivity (Wildman–Crippen MR) is 51.0 cm³/mol. The quantitative estimate of drug-likeness (QED) is 0.668. The molecule has 0 radical (unpaired) electrons. The molecule has 2 heteroatoms. The van der Waals surface area contributed by atoms with Gasteiger partial charge in [-0.3, -0.25) is 0 Å². The Kier molecular flexibility index (Phi) is 2.37. The third-order valence-corrected chi connectivity index (χ3v) is 3.24. The first kappa shape index (κ1) is 8.52. The van der Waals surface area contributed by atoms with Gasteiger partial charge in [-0.05, 0) is 25.7 Å². The second kappa shape index (κ2) is 3.35. The summed E-state index contributed by atoms with van der Waals surface area (Å²) in [5, 5.41) is 3.60. The van der Waals surface area contributed by atoms with Crippen LogP contribution in [0.4, 0.5) is 0 Å². The molecule has 70 valence electrons. The zero-order valence-corrected chi connectivity index (χ0v) is 7.81. The van der Waals surface area contributed by atoms with Crippen molar-refractivity contribution in [2.45, 2.75) is 56.5 Å². The smallest absolute Gasteiger partial charge is 0.0282 e. The summed E-state index contributed by atoms with van der Waals surface area (Å²) in [7, 11) is 0. The largest absolute Gasteiger partial charge is 0.324 e. The van der Waals surface area contributed by atoms with Crippen LogP contribution in [0.3, 0.4) is 0 Å². The van der Waals surface area contributed by atoms with Gasteiger partial charge in [0, 0.05) is 18.1 Å². The van der Waals surface area contributed by atoms with Gasteiger partial charge in [0.15, 0.2) is 0 Å². The second-order valence-electron chi connectivity index (χ2n) is 4.58. The maximum Gasteiger partial charge on any atom is 0.0282 e. The van der Waals surface area contributed by atoms with Crippen molar-refractivity contribution in [3.63, 3.8) is 0 Å². The van der Waals surface area contributed by atoms with Crippen molar-refractivity contribution in [1.29, 1.82) is 0 Å². The molecule has 2 saturated carbocycles. The minimum Gasteiger partial charge on any atom is -0.324 e. The normalized spacial score (nSPS) is 28.8. The molecule has 12 heavy (non-hydrogen) atoms. The monoisotopic (exact) mass is 168 g/mol. The van der Waals surface area contributed by atoms with E-state index < -0.39 is 0 Å². The van der Waals surface area contributed by atoms with Crippen molar-refractivity contribution in [2.75, 3.05) is 6.54 Å². The summed E-state index contributed by atoms with van der Waals surface area (Å²) >= 11 is 0. The molecule has 0 saturated heterocycles. The minimum atomic E-state index is 0.192. The van der Waals surface area contributed by atoms with E-state index in [2.05, 4.69) is 5.32 Å². The van der Waals surface area contributed by atoms with Crippen LogP contribution in [0.25, 0.3) is 0 Å². The lowest BCUT2D eigenvalue weighted by atomic mass is 9.95. The lowest BCUT2D eigenvalue weighted by Gasteiger charge is -2.24. The van der Waals surface area contributed by atoms with Crippen LogP contribution in [-0.4, -0.2) is 18.1 Å². The van der Waals surface area contributed by atoms with Gasteiger partial charge in [0.1, 0.15) is 0 Å². The van der Waals surface area contributed by atoms with Crippen molar-refractivity contribution in [3.8, 4) is 0 Å². The Morgan fingerprint density at radius 3 is 2.42 bits per heavy atom. The fourth-order valence-electron chi connectivity index (χ4n) is 1.99. The summed E-state index contributed by atoms with van der Waals surface area (Å²) < 4.78 is 0. The van der Waals surface area contributed by atoms with Gasteiger partial charge in [-0.1, -0.05) is 19.3 Å². The van der Waals surface area contributed by atoms with Gasteiger partial charge in [0.25, 0.3) is 0 Å². The van der Waals surface area contributed by atoms with Crippen LogP contribution in [0, 0.1) is 0 Å². The maximum atomic E-state index is 6.00. The molecule has 0 aromatic rings. The van der Waals surface area contributed by atoms with Crippen molar-refractivity contribution < 1.29 is 0 Å². The van der Waals surface area contributed by atoms with E-state index in [1.807, 2.05) is 0 Å². The SMILES string of the molecule is NC1(CNC2CCCCC2)CC1. The molecule has 2 aliphatic rings. The van der Waals surface area contributed by atoms with E-state index in [4.69, 9.17) is 5.73 Å². The zero-order valence-electron chi connectivity index (χ0n) is 7.81. The summed E-state index contributed by atoms with van der Waals surface area (Å²) in [6.45, 7) is 1.05. The predicted octanol–water partition coefficient (Wildman–Crippen LogP) is 1.40. The molecule has 3 N–H and O–H groups in total. The first-order valence-corrected chi connectivity index (χ1v) is 5.31. The Hall–Kier alpha value is -0.0800. The first-order chi connectivity index (χ1) is 5.79. The van der Waals surface area contributed by atoms with Gasteiger partial charge in [-0.15, -0.1) is 0 Å². The molecule has 0 heterocycles. The Labute approximate surface area is 74.9 Å². The number of nitrogens with one attached hydrogen (secondary N) is 1. The molecular formula is C10H20N2. The van der Waals surface area contributed by atoms with Crippen molar-refractivity contribution >= 4 is 0 Å². The van der Waals surface area contributed by atoms with Crippen LogP contribution in [-0.2, 0) is 0 Å². The lowest BCUT2D eigenvalue weighted by Crippen LogP contribution is -2.41. The Morgan fingerprint density at radius 1 is 1.17 bits per heavy atom. The Bertz CT molecular complexity index is 146. The third kappa shape index (κ3) is 2.20. The molecule has 2 fully saturated rings. The molecule has 0 aliphatic heterocycles. The minimum absolute atomic E-state index is 0.192. The highest BCUT2D eigenvalue weighted by atomic mass is 15.0. The Balaban J connectivity index is 1.65. The fourth-order valence-corrected chi connectivity index (χ4v) is 1.99. The number of hydrogen-bond donors (Lipinski definition) is 2. The van der Waals surface area contributed by atoms with Crippen LogP contribution < -0.4 is 11.1 Å². The van der Waals surface area contributed by atoms with E-state index in [0.29, 0.717) is 0 Å². The van der Waals surface area contributed by atoms with Crippen molar-refractivity contribution in [2.24, 2.45) is 5.73 Å². The highest BCUT2D eigenvalue weighted by Gasteiger charge is 2.38. The van der Waals surface area contributed by atoms with Crippen LogP contribution in [0.5, 0.6) is 0 Å². The molecule has 0 unspecified atom stereocenters. The topological polar surface area (TPSA) is 38.0 Å². The fraction of sp³-hybridized carbons (Fsp3) is 1.00.